The van der Waals surface area contributed by atoms with E-state index < -0.39 is 333 Å². The van der Waals surface area contributed by atoms with E-state index in [1.54, 1.807) is 24.3 Å². The summed E-state index contributed by atoms with van der Waals surface area (Å²) in [5.41, 5.74) is 0. The van der Waals surface area contributed by atoms with Crippen LogP contribution in [0.5, 0.6) is 0 Å². The number of hydrogen-bond donors (Lipinski definition) is 32. The summed E-state index contributed by atoms with van der Waals surface area (Å²) in [5.74, 6) is -2.68. The summed E-state index contributed by atoms with van der Waals surface area (Å²) in [4.78, 5) is 0. The van der Waals surface area contributed by atoms with E-state index in [0.29, 0.717) is 0 Å². The van der Waals surface area contributed by atoms with Crippen molar-refractivity contribution in [2.24, 2.45) is 0 Å². The molecule has 8 fully saturated rings. The van der Waals surface area contributed by atoms with Gasteiger partial charge in [0.25, 0.3) is 0 Å². The molecule has 28 unspecified atom stereocenters. The highest BCUT2D eigenvalue weighted by molar-refractivity contribution is 5.00. The van der Waals surface area contributed by atoms with Crippen LogP contribution in [0.4, 0.5) is 26.3 Å². The predicted molar refractivity (Wildman–Crippen MR) is 437 cm³/mol. The molecule has 0 aliphatic carbocycles. The van der Waals surface area contributed by atoms with Crippen LogP contribution in [0.3, 0.4) is 0 Å². The average Bonchev–Trinajstić information content (AvgIpc) is 1.77. The van der Waals surface area contributed by atoms with Gasteiger partial charge in [0.1, 0.15) is 195 Å². The normalized spacial score (nSPS) is 38.0. The summed E-state index contributed by atoms with van der Waals surface area (Å²) in [6.07, 6.45) is -36.8. The standard InChI is InChI=1S/6C10H17FO6.2C10H18O6/c2*1-5(11)2-3-16-10-8(15)7(14)9(17-10)6(13)4-12;4*1-5(11)2-3-16-10-9(15)8(14)7(13)6(4-12)17-10;2*1-2-3-4-15-10-8(14)7(13)9(16-10)6(12)5-11/h6*2,6-10,12-15H,3-4H2,1H3;2*2-3,6-14H,4-5H2,1H3/b4*5-2+;2*5-2-;2*3-2-/t;;4*6?,7-,8+,9?,10-;;/m..1111../s1. The van der Waals surface area contributed by atoms with Crippen LogP contribution in [0.2, 0.25) is 0 Å². The van der Waals surface area contributed by atoms with E-state index in [4.69, 9.17) is 117 Å². The molecule has 8 aliphatic heterocycles. The fraction of sp³-hybridized carbons (Fsp3) is 0.800. The van der Waals surface area contributed by atoms with Gasteiger partial charge >= 0.3 is 0 Å². The van der Waals surface area contributed by atoms with Crippen molar-refractivity contribution in [3.8, 4) is 0 Å². The van der Waals surface area contributed by atoms with E-state index in [2.05, 4.69) is 0 Å². The molecule has 8 aliphatic rings. The molecule has 788 valence electrons. The molecule has 8 heterocycles. The lowest BCUT2D eigenvalue weighted by Gasteiger charge is -2.39. The second-order valence-corrected chi connectivity index (χ2v) is 30.1. The Morgan fingerprint density at radius 2 is 0.366 bits per heavy atom. The molecule has 32 N–H and O–H groups in total. The minimum absolute atomic E-state index is 0.126. The van der Waals surface area contributed by atoms with E-state index in [0.717, 1.165) is 36.5 Å². The maximum absolute atomic E-state index is 12.4. The van der Waals surface area contributed by atoms with Crippen LogP contribution in [-0.2, 0) is 75.8 Å². The van der Waals surface area contributed by atoms with Crippen LogP contribution in [-0.4, -0.2) is 515 Å². The molecule has 0 spiro atoms. The fourth-order valence-corrected chi connectivity index (χ4v) is 11.8. The van der Waals surface area contributed by atoms with Crippen LogP contribution in [0.25, 0.3) is 0 Å². The van der Waals surface area contributed by atoms with Crippen molar-refractivity contribution >= 4 is 0 Å². The van der Waals surface area contributed by atoms with Gasteiger partial charge in [-0.2, -0.15) is 0 Å². The Hall–Kier alpha value is -4.42. The maximum Gasteiger partial charge on any atom is 0.187 e. The number of aliphatic hydroxyl groups excluding tert-OH is 32. The Labute approximate surface area is 765 Å². The van der Waals surface area contributed by atoms with Gasteiger partial charge in [-0.15, -0.1) is 0 Å². The molecule has 0 aromatic rings. The van der Waals surface area contributed by atoms with Crippen LogP contribution in [0.15, 0.2) is 95.7 Å². The Balaban J connectivity index is 0.000000766. The van der Waals surface area contributed by atoms with E-state index in [1.807, 2.05) is 13.8 Å². The summed E-state index contributed by atoms with van der Waals surface area (Å²) >= 11 is 0. The maximum atomic E-state index is 12.4. The van der Waals surface area contributed by atoms with E-state index in [-0.39, 0.29) is 52.9 Å². The second kappa shape index (κ2) is 67.9. The van der Waals surface area contributed by atoms with Crippen molar-refractivity contribution in [3.63, 3.8) is 0 Å². The average molecular weight is 1980 g/mol. The lowest BCUT2D eigenvalue weighted by atomic mass is 9.99. The number of halogens is 6. The Morgan fingerprint density at radius 3 is 0.500 bits per heavy atom. The summed E-state index contributed by atoms with van der Waals surface area (Å²) in [6.45, 7) is 6.29. The zero-order valence-corrected chi connectivity index (χ0v) is 74.3. The first-order valence-electron chi connectivity index (χ1n) is 41.6. The summed E-state index contributed by atoms with van der Waals surface area (Å²) in [6, 6.07) is 0. The van der Waals surface area contributed by atoms with E-state index in [9.17, 15) is 149 Å². The zero-order chi connectivity index (χ0) is 102. The molecule has 0 aromatic heterocycles. The van der Waals surface area contributed by atoms with Gasteiger partial charge in [-0.25, -0.2) is 26.3 Å². The van der Waals surface area contributed by atoms with Crippen LogP contribution in [0, 0.1) is 0 Å². The molecular formula is C80H138F6O48. The molecule has 8 saturated heterocycles. The molecule has 134 heavy (non-hydrogen) atoms. The monoisotopic (exact) mass is 1980 g/mol. The number of hydrogen-bond acceptors (Lipinski definition) is 48. The zero-order valence-electron chi connectivity index (χ0n) is 74.3. The van der Waals surface area contributed by atoms with Gasteiger partial charge in [0.05, 0.1) is 141 Å². The topological polar surface area (TPSA) is 795 Å². The van der Waals surface area contributed by atoms with Crippen molar-refractivity contribution in [2.75, 3.05) is 106 Å². The molecule has 40 atom stereocenters. The molecule has 0 bridgehead atoms. The van der Waals surface area contributed by atoms with Crippen molar-refractivity contribution in [3.05, 3.63) is 95.7 Å². The molecular weight excluding hydrogens is 1840 g/mol. The number of rotatable bonds is 36. The van der Waals surface area contributed by atoms with Gasteiger partial charge in [-0.1, -0.05) is 24.3 Å². The molecule has 54 heteroatoms. The second-order valence-electron chi connectivity index (χ2n) is 30.1. The van der Waals surface area contributed by atoms with Crippen molar-refractivity contribution < 1.29 is 266 Å². The third kappa shape index (κ3) is 43.2. The van der Waals surface area contributed by atoms with Crippen LogP contribution >= 0.6 is 0 Å². The largest absolute Gasteiger partial charge is 0.394 e. The highest BCUT2D eigenvalue weighted by Crippen LogP contribution is 2.31. The van der Waals surface area contributed by atoms with Crippen molar-refractivity contribution in [1.29, 1.82) is 0 Å². The molecule has 0 amide bonds. The number of ether oxygens (including phenoxy) is 16. The minimum atomic E-state index is -1.48. The molecule has 0 aromatic carbocycles. The van der Waals surface area contributed by atoms with Gasteiger partial charge in [-0.05, 0) is 91.8 Å². The number of aliphatic hydroxyl groups is 32. The van der Waals surface area contributed by atoms with Gasteiger partial charge < -0.3 is 239 Å². The van der Waals surface area contributed by atoms with Crippen LogP contribution < -0.4 is 0 Å². The molecule has 8 rings (SSSR count). The highest BCUT2D eigenvalue weighted by Gasteiger charge is 2.52. The third-order valence-corrected chi connectivity index (χ3v) is 19.6. The van der Waals surface area contributed by atoms with Gasteiger partial charge in [0.2, 0.25) is 0 Å². The highest BCUT2D eigenvalue weighted by atomic mass is 19.1. The summed E-state index contributed by atoms with van der Waals surface area (Å²) in [7, 11) is 0. The van der Waals surface area contributed by atoms with Gasteiger partial charge in [0.15, 0.2) is 50.3 Å². The van der Waals surface area contributed by atoms with Gasteiger partial charge in [-0.3, -0.25) is 0 Å². The Bertz CT molecular complexity index is 3000. The molecule has 0 radical (unpaired) electrons. The van der Waals surface area contributed by atoms with Gasteiger partial charge in [0, 0.05) is 0 Å². The predicted octanol–water partition coefficient (Wildman–Crippen LogP) is -11.2. The smallest absolute Gasteiger partial charge is 0.187 e. The van der Waals surface area contributed by atoms with E-state index >= 15 is 0 Å². The minimum Gasteiger partial charge on any atom is -0.394 e. The quantitative estimate of drug-likeness (QED) is 0.0205. The fourth-order valence-electron chi connectivity index (χ4n) is 11.8. The third-order valence-electron chi connectivity index (χ3n) is 19.6. The van der Waals surface area contributed by atoms with E-state index in [1.165, 1.54) is 41.5 Å². The first-order chi connectivity index (χ1) is 63.0. The van der Waals surface area contributed by atoms with Crippen LogP contribution in [0.1, 0.15) is 55.4 Å². The first kappa shape index (κ1) is 128. The van der Waals surface area contributed by atoms with Crippen molar-refractivity contribution in [2.45, 2.75) is 301 Å². The summed E-state index contributed by atoms with van der Waals surface area (Å²) in [5, 5.41) is 298. The number of allylic oxidation sites excluding steroid dienone is 8. The lowest BCUT2D eigenvalue weighted by molar-refractivity contribution is -0.298. The lowest BCUT2D eigenvalue weighted by Crippen LogP contribution is -2.59. The first-order valence-corrected chi connectivity index (χ1v) is 41.6. The molecule has 48 nitrogen and oxygen atoms in total. The Kier molecular flexibility index (Phi) is 64.6. The van der Waals surface area contributed by atoms with Crippen molar-refractivity contribution in [1.82, 2.24) is 0 Å². The Morgan fingerprint density at radius 1 is 0.224 bits per heavy atom. The molecule has 0 saturated carbocycles. The SMILES string of the molecule is C/C(F)=C/CO[C@@H]1OC(CO)[C@@H](O)[C@H](O)C1O.C/C(F)=C/CO[C@@H]1OC(CO)[C@@H](O)[C@H](O)C1O.C/C(F)=C\COC1OC(C(O)CO)C(O)C1O.C/C(F)=C\COC1OC(C(O)CO)C(O)C1O.C/C(F)=C\CO[C@@H]1OC(CO)[C@@H](O)[C@H](O)C1O.C/C(F)=C\CO[C@@H]1OC(CO)[C@@H](O)[C@H](O)C1O.C/C=C\COC1OC(C(O)CO)C(O)C1O.C/C=C\COC1OC(C(O)CO)C(O)C1O. The summed E-state index contributed by atoms with van der Waals surface area (Å²) < 4.78 is 155.